The number of rotatable bonds is 9. The number of carbonyl (C=O) groups is 1. The van der Waals surface area contributed by atoms with Gasteiger partial charge in [-0.2, -0.15) is 4.31 Å². The Balaban J connectivity index is 1.99. The van der Waals surface area contributed by atoms with Crippen molar-refractivity contribution in [2.24, 2.45) is 0 Å². The molecular weight excluding hydrogens is 482 g/mol. The molecule has 2 N–H and O–H groups in total. The van der Waals surface area contributed by atoms with Crippen molar-refractivity contribution >= 4 is 31.6 Å². The fourth-order valence-electron chi connectivity index (χ4n) is 3.58. The third-order valence-electron chi connectivity index (χ3n) is 5.26. The molecule has 0 saturated carbocycles. The van der Waals surface area contributed by atoms with E-state index in [0.717, 1.165) is 12.8 Å². The van der Waals surface area contributed by atoms with E-state index >= 15 is 0 Å². The lowest BCUT2D eigenvalue weighted by molar-refractivity contribution is 0.0940. The average molecular weight is 512 g/mol. The molecular formula is C22H29N3O7S2. The van der Waals surface area contributed by atoms with E-state index in [2.05, 4.69) is 10.0 Å². The van der Waals surface area contributed by atoms with Crippen molar-refractivity contribution in [1.82, 2.24) is 9.62 Å². The van der Waals surface area contributed by atoms with Gasteiger partial charge >= 0.3 is 0 Å². The Morgan fingerprint density at radius 1 is 0.912 bits per heavy atom. The summed E-state index contributed by atoms with van der Waals surface area (Å²) in [6.45, 7) is 4.40. The molecule has 12 heteroatoms. The van der Waals surface area contributed by atoms with Crippen LogP contribution in [0.2, 0.25) is 0 Å². The standard InChI is InChI=1S/C22H29N3O7S2/c1-15(2)23-22(26)18-13-16(7-9-20(18)31-3)33(27,28)24-19-14-17(8-10-21(19)32-4)34(29,30)25-11-5-6-12-25/h7-10,13-15,24H,5-6,11-12H2,1-4H3,(H,23,26). The van der Waals surface area contributed by atoms with Gasteiger partial charge in [-0.05, 0) is 63.1 Å². The van der Waals surface area contributed by atoms with Gasteiger partial charge in [-0.25, -0.2) is 16.8 Å². The Kier molecular flexibility index (Phi) is 7.74. The van der Waals surface area contributed by atoms with Gasteiger partial charge in [0.25, 0.3) is 15.9 Å². The van der Waals surface area contributed by atoms with Crippen LogP contribution in [0.25, 0.3) is 0 Å². The van der Waals surface area contributed by atoms with E-state index in [0.29, 0.717) is 13.1 Å². The Labute approximate surface area is 200 Å². The van der Waals surface area contributed by atoms with Crippen molar-refractivity contribution in [2.45, 2.75) is 42.5 Å². The number of benzene rings is 2. The smallest absolute Gasteiger partial charge is 0.262 e. The van der Waals surface area contributed by atoms with Crippen LogP contribution in [0.4, 0.5) is 5.69 Å². The van der Waals surface area contributed by atoms with Gasteiger partial charge in [0.2, 0.25) is 10.0 Å². The highest BCUT2D eigenvalue weighted by Gasteiger charge is 2.29. The summed E-state index contributed by atoms with van der Waals surface area (Å²) in [5, 5.41) is 2.71. The lowest BCUT2D eigenvalue weighted by atomic mass is 10.2. The lowest BCUT2D eigenvalue weighted by Crippen LogP contribution is -2.30. The van der Waals surface area contributed by atoms with Crippen molar-refractivity contribution < 1.29 is 31.1 Å². The van der Waals surface area contributed by atoms with Gasteiger partial charge in [0.1, 0.15) is 11.5 Å². The van der Waals surface area contributed by atoms with Gasteiger partial charge in [0.05, 0.1) is 35.3 Å². The zero-order valence-corrected chi connectivity index (χ0v) is 21.1. The maximum atomic E-state index is 13.2. The molecule has 0 radical (unpaired) electrons. The second kappa shape index (κ2) is 10.2. The molecule has 0 aliphatic carbocycles. The number of methoxy groups -OCH3 is 2. The predicted octanol–water partition coefficient (Wildman–Crippen LogP) is 2.43. The van der Waals surface area contributed by atoms with Crippen LogP contribution in [0.15, 0.2) is 46.2 Å². The number of nitrogens with one attached hydrogen (secondary N) is 2. The first-order valence-corrected chi connectivity index (χ1v) is 13.6. The van der Waals surface area contributed by atoms with Gasteiger partial charge in [0.15, 0.2) is 0 Å². The Hall–Kier alpha value is -2.83. The van der Waals surface area contributed by atoms with Crippen LogP contribution in [-0.2, 0) is 20.0 Å². The summed E-state index contributed by atoms with van der Waals surface area (Å²) in [5.74, 6) is -0.121. The largest absolute Gasteiger partial charge is 0.496 e. The molecule has 0 atom stereocenters. The van der Waals surface area contributed by atoms with E-state index < -0.39 is 26.0 Å². The molecule has 34 heavy (non-hydrogen) atoms. The molecule has 1 saturated heterocycles. The molecule has 0 unspecified atom stereocenters. The van der Waals surface area contributed by atoms with Crippen LogP contribution in [0.3, 0.4) is 0 Å². The second-order valence-corrected chi connectivity index (χ2v) is 11.7. The molecule has 1 amide bonds. The van der Waals surface area contributed by atoms with E-state index in [-0.39, 0.29) is 38.6 Å². The van der Waals surface area contributed by atoms with E-state index in [1.165, 1.54) is 54.9 Å². The number of carbonyl (C=O) groups excluding carboxylic acids is 1. The average Bonchev–Trinajstić information content (AvgIpc) is 3.34. The summed E-state index contributed by atoms with van der Waals surface area (Å²) >= 11 is 0. The van der Waals surface area contributed by atoms with Crippen molar-refractivity contribution in [1.29, 1.82) is 0 Å². The molecule has 0 spiro atoms. The van der Waals surface area contributed by atoms with Crippen molar-refractivity contribution in [2.75, 3.05) is 32.0 Å². The number of sulfonamides is 2. The summed E-state index contributed by atoms with van der Waals surface area (Å²) in [4.78, 5) is 12.3. The zero-order valence-electron chi connectivity index (χ0n) is 19.5. The maximum Gasteiger partial charge on any atom is 0.262 e. The van der Waals surface area contributed by atoms with E-state index in [4.69, 9.17) is 9.47 Å². The molecule has 10 nitrogen and oxygen atoms in total. The molecule has 0 bridgehead atoms. The molecule has 1 aliphatic rings. The van der Waals surface area contributed by atoms with E-state index in [9.17, 15) is 21.6 Å². The first kappa shape index (κ1) is 25.8. The molecule has 1 aliphatic heterocycles. The quantitative estimate of drug-likeness (QED) is 0.529. The van der Waals surface area contributed by atoms with Crippen LogP contribution >= 0.6 is 0 Å². The van der Waals surface area contributed by atoms with Crippen molar-refractivity contribution in [3.63, 3.8) is 0 Å². The molecule has 2 aromatic carbocycles. The fourth-order valence-corrected chi connectivity index (χ4v) is 6.21. The molecule has 186 valence electrons. The van der Waals surface area contributed by atoms with Crippen molar-refractivity contribution in [3.05, 3.63) is 42.0 Å². The molecule has 2 aromatic rings. The van der Waals surface area contributed by atoms with Gasteiger partial charge in [-0.3, -0.25) is 9.52 Å². The first-order valence-electron chi connectivity index (χ1n) is 10.7. The monoisotopic (exact) mass is 511 g/mol. The first-order chi connectivity index (χ1) is 16.0. The molecule has 0 aromatic heterocycles. The molecule has 1 heterocycles. The topological polar surface area (TPSA) is 131 Å². The van der Waals surface area contributed by atoms with Gasteiger partial charge in [-0.1, -0.05) is 0 Å². The van der Waals surface area contributed by atoms with Gasteiger partial charge in [-0.15, -0.1) is 0 Å². The van der Waals surface area contributed by atoms with E-state index in [1.807, 2.05) is 0 Å². The Bertz CT molecular complexity index is 1270. The number of hydrogen-bond acceptors (Lipinski definition) is 7. The lowest BCUT2D eigenvalue weighted by Gasteiger charge is -2.18. The van der Waals surface area contributed by atoms with Crippen LogP contribution in [0.1, 0.15) is 37.0 Å². The minimum atomic E-state index is -4.21. The minimum absolute atomic E-state index is 0.0354. The number of ether oxygens (including phenoxy) is 2. The highest BCUT2D eigenvalue weighted by atomic mass is 32.2. The summed E-state index contributed by atoms with van der Waals surface area (Å²) < 4.78 is 66.5. The normalized spacial score (nSPS) is 14.7. The SMILES string of the molecule is COc1ccc(S(=O)(=O)N2CCCC2)cc1NS(=O)(=O)c1ccc(OC)c(C(=O)NC(C)C)c1. The molecule has 1 fully saturated rings. The molecule has 3 rings (SSSR count). The minimum Gasteiger partial charge on any atom is -0.496 e. The summed E-state index contributed by atoms with van der Waals surface area (Å²) in [5.41, 5.74) is 0.0168. The van der Waals surface area contributed by atoms with Gasteiger partial charge in [0, 0.05) is 19.1 Å². The fraction of sp³-hybridized carbons (Fsp3) is 0.409. The number of anilines is 1. The van der Waals surface area contributed by atoms with Crippen LogP contribution < -0.4 is 19.5 Å². The number of amides is 1. The van der Waals surface area contributed by atoms with Crippen LogP contribution in [-0.4, -0.2) is 60.4 Å². The highest BCUT2D eigenvalue weighted by molar-refractivity contribution is 7.92. The van der Waals surface area contributed by atoms with Crippen LogP contribution in [0, 0.1) is 0 Å². The van der Waals surface area contributed by atoms with E-state index in [1.54, 1.807) is 13.8 Å². The Morgan fingerprint density at radius 2 is 1.50 bits per heavy atom. The van der Waals surface area contributed by atoms with Crippen LogP contribution in [0.5, 0.6) is 11.5 Å². The highest BCUT2D eigenvalue weighted by Crippen LogP contribution is 2.32. The third kappa shape index (κ3) is 5.45. The zero-order chi connectivity index (χ0) is 25.1. The number of hydrogen-bond donors (Lipinski definition) is 2. The number of nitrogens with zero attached hydrogens (tertiary/aromatic N) is 1. The predicted molar refractivity (Wildman–Crippen MR) is 127 cm³/mol. The summed E-state index contributed by atoms with van der Waals surface area (Å²) in [6.07, 6.45) is 1.55. The summed E-state index contributed by atoms with van der Waals surface area (Å²) in [7, 11) is -5.25. The second-order valence-electron chi connectivity index (χ2n) is 8.07. The third-order valence-corrected chi connectivity index (χ3v) is 8.52. The Morgan fingerprint density at radius 3 is 2.09 bits per heavy atom. The van der Waals surface area contributed by atoms with Crippen molar-refractivity contribution in [3.8, 4) is 11.5 Å². The summed E-state index contributed by atoms with van der Waals surface area (Å²) in [6, 6.07) is 7.73. The maximum absolute atomic E-state index is 13.2. The van der Waals surface area contributed by atoms with Gasteiger partial charge < -0.3 is 14.8 Å².